The van der Waals surface area contributed by atoms with Gasteiger partial charge in [0, 0.05) is 48.9 Å². The summed E-state index contributed by atoms with van der Waals surface area (Å²) in [5.74, 6) is 0.383. The number of aromatic amines is 1. The van der Waals surface area contributed by atoms with E-state index in [1.807, 2.05) is 0 Å². The molecular formula is C21H24Cl2FN7O. The Morgan fingerprint density at radius 1 is 1.31 bits per heavy atom. The summed E-state index contributed by atoms with van der Waals surface area (Å²) < 4.78 is 14.5. The van der Waals surface area contributed by atoms with Gasteiger partial charge in [0.2, 0.25) is 0 Å². The molecule has 1 fully saturated rings. The number of hydrogen-bond acceptors (Lipinski definition) is 5. The van der Waals surface area contributed by atoms with Gasteiger partial charge in [-0.05, 0) is 31.7 Å². The first-order chi connectivity index (χ1) is 15.6. The van der Waals surface area contributed by atoms with Gasteiger partial charge in [-0.25, -0.2) is 24.1 Å². The number of urea groups is 1. The van der Waals surface area contributed by atoms with Crippen molar-refractivity contribution >= 4 is 46.1 Å². The van der Waals surface area contributed by atoms with Crippen LogP contribution in [0.25, 0.3) is 22.4 Å². The van der Waals surface area contributed by atoms with Crippen LogP contribution >= 0.6 is 23.2 Å². The minimum atomic E-state index is -0.557. The smallest absolute Gasteiger partial charge is 0.317 e. The number of carbonyl (C=O) groups excluding carboxylic acids is 1. The number of halogens is 3. The number of H-pyrrole nitrogens is 1. The van der Waals surface area contributed by atoms with Crippen LogP contribution in [0.2, 0.25) is 5.02 Å². The Balaban J connectivity index is 1.49. The predicted octanol–water partition coefficient (Wildman–Crippen LogP) is 4.42. The van der Waals surface area contributed by atoms with Crippen molar-refractivity contribution in [3.8, 4) is 11.4 Å². The van der Waals surface area contributed by atoms with Crippen molar-refractivity contribution in [2.45, 2.75) is 31.7 Å². The molecule has 0 spiro atoms. The number of likely N-dealkylation sites (tertiary alicyclic amines) is 1. The lowest BCUT2D eigenvalue weighted by Gasteiger charge is -2.36. The minimum absolute atomic E-state index is 0.0614. The lowest BCUT2D eigenvalue weighted by Crippen LogP contribution is -2.51. The first-order valence-electron chi connectivity index (χ1n) is 10.6. The second-order valence-electron chi connectivity index (χ2n) is 7.64. The molecule has 0 radical (unpaired) electrons. The van der Waals surface area contributed by atoms with E-state index in [1.165, 1.54) is 0 Å². The number of hydrogen-bond donors (Lipinski definition) is 3. The zero-order valence-corrected chi connectivity index (χ0v) is 18.9. The third-order valence-electron chi connectivity index (χ3n) is 5.46. The van der Waals surface area contributed by atoms with Gasteiger partial charge in [-0.2, -0.15) is 0 Å². The average molecular weight is 480 g/mol. The fraction of sp³-hybridized carbons (Fsp3) is 0.429. The van der Waals surface area contributed by atoms with E-state index in [1.54, 1.807) is 23.4 Å². The molecule has 11 heteroatoms. The van der Waals surface area contributed by atoms with Gasteiger partial charge in [0.25, 0.3) is 0 Å². The van der Waals surface area contributed by atoms with E-state index >= 15 is 0 Å². The molecule has 4 heterocycles. The SMILES string of the molecule is O=C(NCCCCl)N1CCCC[C@H]1CNc1nc(-c2c[nH]c3ncc(Cl)cc23)ncc1F. The molecule has 1 aliphatic rings. The maximum absolute atomic E-state index is 14.5. The molecular weight excluding hydrogens is 456 g/mol. The third kappa shape index (κ3) is 5.05. The Morgan fingerprint density at radius 2 is 2.19 bits per heavy atom. The number of aromatic nitrogens is 4. The quantitative estimate of drug-likeness (QED) is 0.344. The van der Waals surface area contributed by atoms with Gasteiger partial charge in [-0.1, -0.05) is 11.6 Å². The van der Waals surface area contributed by atoms with Crippen molar-refractivity contribution in [2.75, 3.05) is 30.8 Å². The number of alkyl halides is 1. The van der Waals surface area contributed by atoms with Crippen molar-refractivity contribution in [3.05, 3.63) is 35.5 Å². The molecule has 1 atom stereocenters. The van der Waals surface area contributed by atoms with Crippen LogP contribution in [0, 0.1) is 5.82 Å². The fourth-order valence-electron chi connectivity index (χ4n) is 3.84. The molecule has 3 N–H and O–H groups in total. The Hall–Kier alpha value is -2.65. The number of fused-ring (bicyclic) bond motifs is 1. The van der Waals surface area contributed by atoms with Gasteiger partial charge >= 0.3 is 6.03 Å². The molecule has 1 aliphatic heterocycles. The van der Waals surface area contributed by atoms with Crippen molar-refractivity contribution in [1.29, 1.82) is 0 Å². The van der Waals surface area contributed by atoms with Crippen LogP contribution in [0.3, 0.4) is 0 Å². The highest BCUT2D eigenvalue weighted by atomic mass is 35.5. The zero-order valence-electron chi connectivity index (χ0n) is 17.4. The number of anilines is 1. The monoisotopic (exact) mass is 479 g/mol. The van der Waals surface area contributed by atoms with Crippen LogP contribution in [0.4, 0.5) is 15.0 Å². The summed E-state index contributed by atoms with van der Waals surface area (Å²) in [6, 6.07) is 1.58. The lowest BCUT2D eigenvalue weighted by atomic mass is 10.0. The van der Waals surface area contributed by atoms with Crippen LogP contribution in [0.1, 0.15) is 25.7 Å². The normalized spacial score (nSPS) is 16.3. The standard InChI is InChI=1S/C21H24Cl2FN7O/c22-5-3-6-25-21(32)31-7-2-1-4-14(31)10-27-20-17(24)12-29-19(30-20)16-11-28-18-15(16)8-13(23)9-26-18/h8-9,11-12,14H,1-7,10H2,(H,25,32)(H,26,28)(H,27,29,30)/t14-/m0/s1. The van der Waals surface area contributed by atoms with Crippen molar-refractivity contribution < 1.29 is 9.18 Å². The van der Waals surface area contributed by atoms with Crippen LogP contribution in [0.15, 0.2) is 24.7 Å². The average Bonchev–Trinajstić information content (AvgIpc) is 3.22. The van der Waals surface area contributed by atoms with Crippen LogP contribution in [-0.4, -0.2) is 62.4 Å². The number of pyridine rings is 1. The Bertz CT molecular complexity index is 1090. The van der Waals surface area contributed by atoms with Crippen LogP contribution < -0.4 is 10.6 Å². The molecule has 4 rings (SSSR count). The van der Waals surface area contributed by atoms with E-state index in [-0.39, 0.29) is 17.9 Å². The molecule has 0 aliphatic carbocycles. The van der Waals surface area contributed by atoms with Crippen molar-refractivity contribution in [3.63, 3.8) is 0 Å². The molecule has 3 aromatic rings. The summed E-state index contributed by atoms with van der Waals surface area (Å²) in [6.45, 7) is 1.59. The van der Waals surface area contributed by atoms with Crippen LogP contribution in [0.5, 0.6) is 0 Å². The van der Waals surface area contributed by atoms with E-state index in [2.05, 4.69) is 30.6 Å². The maximum atomic E-state index is 14.5. The second kappa shape index (κ2) is 10.3. The molecule has 0 saturated carbocycles. The van der Waals surface area contributed by atoms with Gasteiger partial charge in [0.05, 0.1) is 17.3 Å². The highest BCUT2D eigenvalue weighted by Gasteiger charge is 2.27. The van der Waals surface area contributed by atoms with E-state index in [4.69, 9.17) is 23.2 Å². The summed E-state index contributed by atoms with van der Waals surface area (Å²) >= 11 is 11.8. The minimum Gasteiger partial charge on any atom is -0.365 e. The largest absolute Gasteiger partial charge is 0.365 e. The van der Waals surface area contributed by atoms with Gasteiger partial charge in [-0.3, -0.25) is 0 Å². The summed E-state index contributed by atoms with van der Waals surface area (Å²) in [6.07, 6.45) is 7.92. The lowest BCUT2D eigenvalue weighted by molar-refractivity contribution is 0.155. The molecule has 0 aromatic carbocycles. The maximum Gasteiger partial charge on any atom is 0.317 e. The van der Waals surface area contributed by atoms with Gasteiger partial charge in [-0.15, -0.1) is 11.6 Å². The fourth-order valence-corrected chi connectivity index (χ4v) is 4.13. The van der Waals surface area contributed by atoms with E-state index < -0.39 is 5.82 Å². The molecule has 8 nitrogen and oxygen atoms in total. The molecule has 0 bridgehead atoms. The molecule has 3 aromatic heterocycles. The topological polar surface area (TPSA) is 98.8 Å². The summed E-state index contributed by atoms with van der Waals surface area (Å²) in [5.41, 5.74) is 1.32. The van der Waals surface area contributed by atoms with Gasteiger partial charge in [0.1, 0.15) is 5.65 Å². The summed E-state index contributed by atoms with van der Waals surface area (Å²) in [4.78, 5) is 30.2. The Labute approximate surface area is 194 Å². The van der Waals surface area contributed by atoms with Gasteiger partial charge in [0.15, 0.2) is 17.5 Å². The number of rotatable bonds is 7. The van der Waals surface area contributed by atoms with E-state index in [9.17, 15) is 9.18 Å². The molecule has 2 amide bonds. The Kier molecular flexibility index (Phi) is 7.26. The number of nitrogens with one attached hydrogen (secondary N) is 3. The van der Waals surface area contributed by atoms with E-state index in [0.717, 1.165) is 30.8 Å². The first kappa shape index (κ1) is 22.5. The van der Waals surface area contributed by atoms with Crippen molar-refractivity contribution in [1.82, 2.24) is 30.2 Å². The third-order valence-corrected chi connectivity index (χ3v) is 5.94. The highest BCUT2D eigenvalue weighted by molar-refractivity contribution is 6.31. The predicted molar refractivity (Wildman–Crippen MR) is 124 cm³/mol. The molecule has 0 unspecified atom stereocenters. The molecule has 170 valence electrons. The summed E-state index contributed by atoms with van der Waals surface area (Å²) in [5, 5.41) is 7.21. The number of nitrogens with zero attached hydrogens (tertiary/aromatic N) is 4. The van der Waals surface area contributed by atoms with Gasteiger partial charge < -0.3 is 20.5 Å². The Morgan fingerprint density at radius 3 is 3.03 bits per heavy atom. The molecule has 32 heavy (non-hydrogen) atoms. The second-order valence-corrected chi connectivity index (χ2v) is 8.45. The van der Waals surface area contributed by atoms with E-state index in [0.29, 0.717) is 54.0 Å². The zero-order chi connectivity index (χ0) is 22.5. The number of piperidine rings is 1. The first-order valence-corrected chi connectivity index (χ1v) is 11.5. The summed E-state index contributed by atoms with van der Waals surface area (Å²) in [7, 11) is 0. The van der Waals surface area contributed by atoms with Crippen LogP contribution in [-0.2, 0) is 0 Å². The number of carbonyl (C=O) groups is 1. The number of amides is 2. The highest BCUT2D eigenvalue weighted by Crippen LogP contribution is 2.28. The van der Waals surface area contributed by atoms with Crippen molar-refractivity contribution in [2.24, 2.45) is 0 Å². The molecule has 1 saturated heterocycles.